The van der Waals surface area contributed by atoms with Gasteiger partial charge < -0.3 is 10.2 Å². The molecule has 1 saturated heterocycles. The average Bonchev–Trinajstić information content (AvgIpc) is 2.80. The first-order valence-corrected chi connectivity index (χ1v) is 6.32. The summed E-state index contributed by atoms with van der Waals surface area (Å²) in [6.07, 6.45) is 1.32. The lowest BCUT2D eigenvalue weighted by Gasteiger charge is -2.26. The Morgan fingerprint density at radius 2 is 2.06 bits per heavy atom. The quantitative estimate of drug-likeness (QED) is 0.835. The van der Waals surface area contributed by atoms with Crippen LogP contribution >= 0.6 is 0 Å². The molecule has 1 heterocycles. The minimum absolute atomic E-state index is 0.821. The van der Waals surface area contributed by atoms with Gasteiger partial charge in [-0.1, -0.05) is 17.7 Å². The van der Waals surface area contributed by atoms with Crippen LogP contribution in [-0.4, -0.2) is 26.2 Å². The molecule has 0 spiro atoms. The summed E-state index contributed by atoms with van der Waals surface area (Å²) in [5, 5.41) is 3.44. The van der Waals surface area contributed by atoms with E-state index in [9.17, 15) is 0 Å². The average molecular weight is 218 g/mol. The summed E-state index contributed by atoms with van der Waals surface area (Å²) in [5.41, 5.74) is 2.70. The van der Waals surface area contributed by atoms with E-state index in [4.69, 9.17) is 0 Å². The van der Waals surface area contributed by atoms with E-state index in [1.807, 2.05) is 0 Å². The van der Waals surface area contributed by atoms with E-state index in [-0.39, 0.29) is 0 Å². The molecule has 1 atom stereocenters. The molecular formula is C14H22N2. The Hall–Kier alpha value is -1.02. The molecule has 1 fully saturated rings. The number of anilines is 1. The lowest BCUT2D eigenvalue weighted by molar-refractivity contribution is 0.565. The Balaban J connectivity index is 2.00. The van der Waals surface area contributed by atoms with Crippen molar-refractivity contribution in [3.63, 3.8) is 0 Å². The summed E-state index contributed by atoms with van der Waals surface area (Å²) < 4.78 is 0. The maximum Gasteiger partial charge on any atom is 0.0366 e. The van der Waals surface area contributed by atoms with Crippen molar-refractivity contribution in [2.45, 2.75) is 20.3 Å². The number of hydrogen-bond acceptors (Lipinski definition) is 2. The Bertz CT molecular complexity index is 312. The number of benzene rings is 1. The number of aryl methyl sites for hydroxylation is 1. The molecule has 1 aromatic carbocycles. The second-order valence-electron chi connectivity index (χ2n) is 4.73. The molecule has 0 bridgehead atoms. The second-order valence-corrected chi connectivity index (χ2v) is 4.73. The van der Waals surface area contributed by atoms with Gasteiger partial charge in [0.2, 0.25) is 0 Å². The van der Waals surface area contributed by atoms with E-state index in [1.165, 1.54) is 37.3 Å². The van der Waals surface area contributed by atoms with Gasteiger partial charge in [-0.05, 0) is 51.4 Å². The van der Waals surface area contributed by atoms with Gasteiger partial charge in [0, 0.05) is 18.8 Å². The van der Waals surface area contributed by atoms with Gasteiger partial charge in [0.25, 0.3) is 0 Å². The molecule has 1 aliphatic heterocycles. The molecule has 0 amide bonds. The molecule has 0 aromatic heterocycles. The zero-order valence-corrected chi connectivity index (χ0v) is 10.4. The fourth-order valence-electron chi connectivity index (χ4n) is 2.35. The molecule has 2 rings (SSSR count). The molecule has 0 aliphatic carbocycles. The summed E-state index contributed by atoms with van der Waals surface area (Å²) >= 11 is 0. The van der Waals surface area contributed by atoms with Gasteiger partial charge in [0.05, 0.1) is 0 Å². The van der Waals surface area contributed by atoms with Gasteiger partial charge in [0.15, 0.2) is 0 Å². The van der Waals surface area contributed by atoms with E-state index in [0.717, 1.165) is 12.5 Å². The van der Waals surface area contributed by atoms with E-state index >= 15 is 0 Å². The van der Waals surface area contributed by atoms with Crippen molar-refractivity contribution >= 4 is 5.69 Å². The zero-order valence-electron chi connectivity index (χ0n) is 10.4. The topological polar surface area (TPSA) is 15.3 Å². The largest absolute Gasteiger partial charge is 0.371 e. The number of nitrogens with zero attached hydrogens (tertiary/aromatic N) is 1. The third-order valence-corrected chi connectivity index (χ3v) is 3.42. The normalized spacial score (nSPS) is 20.0. The highest BCUT2D eigenvalue weighted by molar-refractivity contribution is 5.47. The van der Waals surface area contributed by atoms with Crippen LogP contribution < -0.4 is 10.2 Å². The van der Waals surface area contributed by atoms with Gasteiger partial charge in [-0.25, -0.2) is 0 Å². The SMILES string of the molecule is CCN(C[C@H]1CCNC1)c1ccc(C)cc1. The van der Waals surface area contributed by atoms with E-state index in [1.54, 1.807) is 0 Å². The predicted molar refractivity (Wildman–Crippen MR) is 70.0 cm³/mol. The van der Waals surface area contributed by atoms with Crippen molar-refractivity contribution in [2.75, 3.05) is 31.1 Å². The Kier molecular flexibility index (Phi) is 3.83. The lowest BCUT2D eigenvalue weighted by Crippen LogP contribution is -2.30. The summed E-state index contributed by atoms with van der Waals surface area (Å²) in [5.74, 6) is 0.821. The Morgan fingerprint density at radius 1 is 1.31 bits per heavy atom. The van der Waals surface area contributed by atoms with Crippen LogP contribution in [0, 0.1) is 12.8 Å². The van der Waals surface area contributed by atoms with Gasteiger partial charge in [0.1, 0.15) is 0 Å². The van der Waals surface area contributed by atoms with Gasteiger partial charge >= 0.3 is 0 Å². The minimum Gasteiger partial charge on any atom is -0.371 e. The maximum atomic E-state index is 3.44. The van der Waals surface area contributed by atoms with Crippen LogP contribution in [0.5, 0.6) is 0 Å². The molecule has 2 heteroatoms. The second kappa shape index (κ2) is 5.35. The first kappa shape index (κ1) is 11.5. The van der Waals surface area contributed by atoms with Crippen molar-refractivity contribution in [1.82, 2.24) is 5.32 Å². The van der Waals surface area contributed by atoms with Crippen LogP contribution in [0.3, 0.4) is 0 Å². The van der Waals surface area contributed by atoms with Crippen LogP contribution in [0.2, 0.25) is 0 Å². The standard InChI is InChI=1S/C14H22N2/c1-3-16(11-13-8-9-15-10-13)14-6-4-12(2)5-7-14/h4-7,13,15H,3,8-11H2,1-2H3/t13-/m0/s1. The third-order valence-electron chi connectivity index (χ3n) is 3.42. The molecule has 1 N–H and O–H groups in total. The fourth-order valence-corrected chi connectivity index (χ4v) is 2.35. The van der Waals surface area contributed by atoms with Gasteiger partial charge in [-0.2, -0.15) is 0 Å². The molecule has 16 heavy (non-hydrogen) atoms. The van der Waals surface area contributed by atoms with Crippen LogP contribution in [0.25, 0.3) is 0 Å². The summed E-state index contributed by atoms with van der Waals surface area (Å²) in [6.45, 7) is 9.04. The highest BCUT2D eigenvalue weighted by atomic mass is 15.1. The molecule has 0 saturated carbocycles. The number of hydrogen-bond donors (Lipinski definition) is 1. The molecule has 1 aliphatic rings. The monoisotopic (exact) mass is 218 g/mol. The van der Waals surface area contributed by atoms with Crippen LogP contribution in [0.15, 0.2) is 24.3 Å². The first-order chi connectivity index (χ1) is 7.79. The molecule has 1 aromatic rings. The Labute approximate surface area is 98.7 Å². The number of nitrogens with one attached hydrogen (secondary N) is 1. The van der Waals surface area contributed by atoms with Crippen molar-refractivity contribution < 1.29 is 0 Å². The third kappa shape index (κ3) is 2.76. The minimum atomic E-state index is 0.821. The summed E-state index contributed by atoms with van der Waals surface area (Å²) in [4.78, 5) is 2.48. The van der Waals surface area contributed by atoms with Crippen LogP contribution in [-0.2, 0) is 0 Å². The smallest absolute Gasteiger partial charge is 0.0366 e. The van der Waals surface area contributed by atoms with E-state index < -0.39 is 0 Å². The molecule has 0 radical (unpaired) electrons. The molecular weight excluding hydrogens is 196 g/mol. The van der Waals surface area contributed by atoms with Gasteiger partial charge in [-0.3, -0.25) is 0 Å². The van der Waals surface area contributed by atoms with Gasteiger partial charge in [-0.15, -0.1) is 0 Å². The number of rotatable bonds is 4. The predicted octanol–water partition coefficient (Wildman–Crippen LogP) is 2.43. The van der Waals surface area contributed by atoms with Crippen molar-refractivity contribution in [3.8, 4) is 0 Å². The fraction of sp³-hybridized carbons (Fsp3) is 0.571. The molecule has 0 unspecified atom stereocenters. The molecule has 88 valence electrons. The van der Waals surface area contributed by atoms with Crippen LogP contribution in [0.4, 0.5) is 5.69 Å². The van der Waals surface area contributed by atoms with Crippen molar-refractivity contribution in [1.29, 1.82) is 0 Å². The first-order valence-electron chi connectivity index (χ1n) is 6.32. The van der Waals surface area contributed by atoms with E-state index in [2.05, 4.69) is 48.3 Å². The summed E-state index contributed by atoms with van der Waals surface area (Å²) in [6, 6.07) is 8.87. The molecule has 2 nitrogen and oxygen atoms in total. The lowest BCUT2D eigenvalue weighted by atomic mass is 10.1. The highest BCUT2D eigenvalue weighted by Crippen LogP contribution is 2.18. The van der Waals surface area contributed by atoms with Crippen molar-refractivity contribution in [2.24, 2.45) is 5.92 Å². The highest BCUT2D eigenvalue weighted by Gasteiger charge is 2.17. The van der Waals surface area contributed by atoms with Crippen LogP contribution in [0.1, 0.15) is 18.9 Å². The van der Waals surface area contributed by atoms with E-state index in [0.29, 0.717) is 0 Å². The maximum absolute atomic E-state index is 3.44. The van der Waals surface area contributed by atoms with Crippen molar-refractivity contribution in [3.05, 3.63) is 29.8 Å². The Morgan fingerprint density at radius 3 is 2.62 bits per heavy atom. The summed E-state index contributed by atoms with van der Waals surface area (Å²) in [7, 11) is 0. The zero-order chi connectivity index (χ0) is 11.4.